The van der Waals surface area contributed by atoms with Crippen molar-refractivity contribution in [3.05, 3.63) is 60.3 Å². The van der Waals surface area contributed by atoms with E-state index in [9.17, 15) is 4.79 Å². The van der Waals surface area contributed by atoms with E-state index in [-0.39, 0.29) is 5.91 Å². The summed E-state index contributed by atoms with van der Waals surface area (Å²) in [6.45, 7) is 6.31. The molecule has 126 valence electrons. The van der Waals surface area contributed by atoms with Crippen LogP contribution in [0.3, 0.4) is 0 Å². The summed E-state index contributed by atoms with van der Waals surface area (Å²) < 4.78 is 0. The summed E-state index contributed by atoms with van der Waals surface area (Å²) in [5, 5.41) is 2.84. The van der Waals surface area contributed by atoms with Gasteiger partial charge in [0, 0.05) is 19.2 Å². The molecular formula is C20H25N3O. The van der Waals surface area contributed by atoms with Crippen molar-refractivity contribution in [2.24, 2.45) is 0 Å². The highest BCUT2D eigenvalue weighted by atomic mass is 16.1. The van der Waals surface area contributed by atoms with Gasteiger partial charge in [-0.15, -0.1) is 0 Å². The van der Waals surface area contributed by atoms with Gasteiger partial charge in [-0.25, -0.2) is 4.98 Å². The lowest BCUT2D eigenvalue weighted by atomic mass is 10.2. The highest BCUT2D eigenvalue weighted by Crippen LogP contribution is 2.15. The predicted octanol–water partition coefficient (Wildman–Crippen LogP) is 4.36. The van der Waals surface area contributed by atoms with E-state index < -0.39 is 0 Å². The molecule has 0 spiro atoms. The van der Waals surface area contributed by atoms with Crippen LogP contribution < -0.4 is 10.2 Å². The van der Waals surface area contributed by atoms with Crippen LogP contribution in [-0.2, 0) is 4.79 Å². The summed E-state index contributed by atoms with van der Waals surface area (Å²) in [5.74, 6) is 0.795. The Hall–Kier alpha value is -2.62. The molecule has 2 aromatic rings. The summed E-state index contributed by atoms with van der Waals surface area (Å²) in [4.78, 5) is 18.7. The van der Waals surface area contributed by atoms with Crippen LogP contribution in [0.5, 0.6) is 0 Å². The Morgan fingerprint density at radius 1 is 1.08 bits per heavy atom. The monoisotopic (exact) mass is 323 g/mol. The van der Waals surface area contributed by atoms with Crippen molar-refractivity contribution < 1.29 is 4.79 Å². The first-order valence-corrected chi connectivity index (χ1v) is 8.48. The Balaban J connectivity index is 1.95. The van der Waals surface area contributed by atoms with Gasteiger partial charge in [0.1, 0.15) is 5.82 Å². The first-order chi connectivity index (χ1) is 11.7. The Morgan fingerprint density at radius 3 is 2.38 bits per heavy atom. The molecule has 1 N–H and O–H groups in total. The van der Waals surface area contributed by atoms with Crippen LogP contribution in [0.4, 0.5) is 11.5 Å². The van der Waals surface area contributed by atoms with Crippen molar-refractivity contribution in [1.82, 2.24) is 4.98 Å². The minimum absolute atomic E-state index is 0.160. The average Bonchev–Trinajstić information content (AvgIpc) is 2.61. The minimum atomic E-state index is -0.160. The molecule has 4 nitrogen and oxygen atoms in total. The van der Waals surface area contributed by atoms with Crippen molar-refractivity contribution in [1.29, 1.82) is 0 Å². The van der Waals surface area contributed by atoms with Gasteiger partial charge in [0.2, 0.25) is 5.91 Å². The van der Waals surface area contributed by atoms with Crippen LogP contribution >= 0.6 is 0 Å². The maximum Gasteiger partial charge on any atom is 0.248 e. The first kappa shape index (κ1) is 17.7. The van der Waals surface area contributed by atoms with Crippen molar-refractivity contribution in [2.75, 3.05) is 23.3 Å². The standard InChI is InChI=1S/C20H25N3O/c1-3-14-23(15-4-2)19-12-11-18(16-21-19)22-20(24)13-10-17-8-6-5-7-9-17/h5-13,16H,3-4,14-15H2,1-2H3,(H,22,24)/b13-10+. The van der Waals surface area contributed by atoms with Gasteiger partial charge in [0.05, 0.1) is 11.9 Å². The molecule has 0 saturated carbocycles. The fourth-order valence-electron chi connectivity index (χ4n) is 2.45. The molecule has 0 unspecified atom stereocenters. The third-order valence-electron chi connectivity index (χ3n) is 3.55. The van der Waals surface area contributed by atoms with Crippen molar-refractivity contribution in [3.8, 4) is 0 Å². The second-order valence-electron chi connectivity index (χ2n) is 5.63. The minimum Gasteiger partial charge on any atom is -0.357 e. The van der Waals surface area contributed by atoms with E-state index >= 15 is 0 Å². The third-order valence-corrected chi connectivity index (χ3v) is 3.55. The highest BCUT2D eigenvalue weighted by molar-refractivity contribution is 6.01. The van der Waals surface area contributed by atoms with Crippen LogP contribution in [0.1, 0.15) is 32.3 Å². The number of benzene rings is 1. The predicted molar refractivity (Wildman–Crippen MR) is 101 cm³/mol. The smallest absolute Gasteiger partial charge is 0.248 e. The van der Waals surface area contributed by atoms with Crippen molar-refractivity contribution in [2.45, 2.75) is 26.7 Å². The SMILES string of the molecule is CCCN(CCC)c1ccc(NC(=O)/C=C/c2ccccc2)cn1. The zero-order valence-electron chi connectivity index (χ0n) is 14.4. The highest BCUT2D eigenvalue weighted by Gasteiger charge is 2.06. The Kier molecular flexibility index (Phi) is 7.02. The largest absolute Gasteiger partial charge is 0.357 e. The van der Waals surface area contributed by atoms with Crippen LogP contribution in [0.2, 0.25) is 0 Å². The first-order valence-electron chi connectivity index (χ1n) is 8.48. The van der Waals surface area contributed by atoms with Crippen LogP contribution in [0.25, 0.3) is 6.08 Å². The molecule has 0 aliphatic heterocycles. The quantitative estimate of drug-likeness (QED) is 0.734. The maximum absolute atomic E-state index is 12.0. The van der Waals surface area contributed by atoms with Crippen LogP contribution in [0, 0.1) is 0 Å². The zero-order valence-corrected chi connectivity index (χ0v) is 14.4. The van der Waals surface area contributed by atoms with Gasteiger partial charge in [-0.3, -0.25) is 4.79 Å². The Bertz CT molecular complexity index is 644. The van der Waals surface area contributed by atoms with E-state index in [4.69, 9.17) is 0 Å². The summed E-state index contributed by atoms with van der Waals surface area (Å²) in [6.07, 6.45) is 7.21. The number of aromatic nitrogens is 1. The van der Waals surface area contributed by atoms with Gasteiger partial charge in [0.25, 0.3) is 0 Å². The molecule has 1 aromatic heterocycles. The summed E-state index contributed by atoms with van der Waals surface area (Å²) in [5.41, 5.74) is 1.70. The molecule has 24 heavy (non-hydrogen) atoms. The molecular weight excluding hydrogens is 298 g/mol. The van der Waals surface area contributed by atoms with Gasteiger partial charge < -0.3 is 10.2 Å². The average molecular weight is 323 g/mol. The topological polar surface area (TPSA) is 45.2 Å². The number of anilines is 2. The second-order valence-corrected chi connectivity index (χ2v) is 5.63. The normalized spacial score (nSPS) is 10.8. The van der Waals surface area contributed by atoms with Gasteiger partial charge in [-0.05, 0) is 36.6 Å². The number of pyridine rings is 1. The number of nitrogens with zero attached hydrogens (tertiary/aromatic N) is 2. The molecule has 0 saturated heterocycles. The summed E-state index contributed by atoms with van der Waals surface area (Å²) in [6, 6.07) is 13.6. The lowest BCUT2D eigenvalue weighted by Crippen LogP contribution is -2.25. The van der Waals surface area contributed by atoms with Gasteiger partial charge >= 0.3 is 0 Å². The lowest BCUT2D eigenvalue weighted by molar-refractivity contribution is -0.111. The van der Waals surface area contributed by atoms with Gasteiger partial charge in [-0.1, -0.05) is 44.2 Å². The number of hydrogen-bond donors (Lipinski definition) is 1. The molecule has 1 aromatic carbocycles. The molecule has 4 heteroatoms. The molecule has 0 bridgehead atoms. The number of carbonyl (C=O) groups is 1. The molecule has 1 heterocycles. The molecule has 0 atom stereocenters. The van der Waals surface area contributed by atoms with E-state index in [1.165, 1.54) is 6.08 Å². The molecule has 0 fully saturated rings. The molecule has 0 aliphatic carbocycles. The number of amides is 1. The van der Waals surface area contributed by atoms with Crippen molar-refractivity contribution in [3.63, 3.8) is 0 Å². The Morgan fingerprint density at radius 2 is 1.79 bits per heavy atom. The van der Waals surface area contributed by atoms with Crippen LogP contribution in [0.15, 0.2) is 54.7 Å². The molecule has 0 radical (unpaired) electrons. The number of hydrogen-bond acceptors (Lipinski definition) is 3. The van der Waals surface area contributed by atoms with E-state index in [2.05, 4.69) is 29.0 Å². The van der Waals surface area contributed by atoms with Gasteiger partial charge in [-0.2, -0.15) is 0 Å². The van der Waals surface area contributed by atoms with Crippen molar-refractivity contribution >= 4 is 23.5 Å². The molecule has 1 amide bonds. The number of rotatable bonds is 8. The van der Waals surface area contributed by atoms with E-state index in [0.717, 1.165) is 37.3 Å². The number of carbonyl (C=O) groups excluding carboxylic acids is 1. The molecule has 0 aliphatic rings. The summed E-state index contributed by atoms with van der Waals surface area (Å²) >= 11 is 0. The zero-order chi connectivity index (χ0) is 17.2. The van der Waals surface area contributed by atoms with Crippen LogP contribution in [-0.4, -0.2) is 24.0 Å². The fraction of sp³-hybridized carbons (Fsp3) is 0.300. The number of nitrogens with one attached hydrogen (secondary N) is 1. The fourth-order valence-corrected chi connectivity index (χ4v) is 2.45. The maximum atomic E-state index is 12.0. The second kappa shape index (κ2) is 9.50. The van der Waals surface area contributed by atoms with E-state index in [1.807, 2.05) is 42.5 Å². The van der Waals surface area contributed by atoms with E-state index in [1.54, 1.807) is 12.3 Å². The summed E-state index contributed by atoms with van der Waals surface area (Å²) in [7, 11) is 0. The van der Waals surface area contributed by atoms with Gasteiger partial charge in [0.15, 0.2) is 0 Å². The Labute approximate surface area is 144 Å². The lowest BCUT2D eigenvalue weighted by Gasteiger charge is -2.22. The third kappa shape index (κ3) is 5.54. The van der Waals surface area contributed by atoms with E-state index in [0.29, 0.717) is 5.69 Å². The molecule has 2 rings (SSSR count).